The Kier molecular flexibility index (Phi) is 5.59. The molecule has 2 atom stereocenters. The van der Waals surface area contributed by atoms with Gasteiger partial charge in [-0.05, 0) is 43.5 Å². The van der Waals surface area contributed by atoms with Gasteiger partial charge >= 0.3 is 0 Å². The summed E-state index contributed by atoms with van der Waals surface area (Å²) in [7, 11) is 1.60. The minimum Gasteiger partial charge on any atom is -0.495 e. The predicted molar refractivity (Wildman–Crippen MR) is 84.4 cm³/mol. The number of nitrogens with one attached hydrogen (secondary N) is 1. The molecule has 5 heteroatoms. The van der Waals surface area contributed by atoms with Crippen molar-refractivity contribution in [1.82, 2.24) is 4.90 Å². The zero-order valence-electron chi connectivity index (χ0n) is 12.8. The Balaban J connectivity index is 1.88. The highest BCUT2D eigenvalue weighted by Crippen LogP contribution is 2.24. The molecule has 1 aliphatic heterocycles. The lowest BCUT2D eigenvalue weighted by molar-refractivity contribution is -0.117. The van der Waals surface area contributed by atoms with Crippen molar-refractivity contribution in [1.29, 1.82) is 0 Å². The second-order valence-corrected chi connectivity index (χ2v) is 5.75. The number of piperidine rings is 1. The van der Waals surface area contributed by atoms with Crippen LogP contribution in [0, 0.1) is 11.8 Å². The van der Waals surface area contributed by atoms with Crippen LogP contribution in [0.25, 0.3) is 0 Å². The minimum atomic E-state index is -0.00195. The van der Waals surface area contributed by atoms with E-state index >= 15 is 0 Å². The second-order valence-electron chi connectivity index (χ2n) is 5.75. The van der Waals surface area contributed by atoms with E-state index in [0.717, 1.165) is 31.7 Å². The third-order valence-corrected chi connectivity index (χ3v) is 4.22. The van der Waals surface area contributed by atoms with Gasteiger partial charge < -0.3 is 15.8 Å². The molecule has 1 heterocycles. The van der Waals surface area contributed by atoms with Gasteiger partial charge in [-0.3, -0.25) is 9.69 Å². The van der Waals surface area contributed by atoms with E-state index in [1.165, 1.54) is 0 Å². The standard InChI is InChI=1S/C16H25N3O2/c1-12-10-19(8-7-13(12)9-17)11-16(20)18-14-5-3-4-6-15(14)21-2/h3-6,12-13H,7-11,17H2,1-2H3,(H,18,20). The predicted octanol–water partition coefficient (Wildman–Crippen LogP) is 1.55. The number of rotatable bonds is 5. The fraction of sp³-hybridized carbons (Fsp3) is 0.562. The first-order valence-electron chi connectivity index (χ1n) is 7.49. The fourth-order valence-electron chi connectivity index (χ4n) is 2.92. The number of hydrogen-bond acceptors (Lipinski definition) is 4. The van der Waals surface area contributed by atoms with Crippen molar-refractivity contribution >= 4 is 11.6 Å². The van der Waals surface area contributed by atoms with E-state index in [0.29, 0.717) is 24.1 Å². The van der Waals surface area contributed by atoms with Crippen LogP contribution in [0.15, 0.2) is 24.3 Å². The van der Waals surface area contributed by atoms with Crippen LogP contribution in [0.4, 0.5) is 5.69 Å². The van der Waals surface area contributed by atoms with Crippen molar-refractivity contribution in [2.75, 3.05) is 38.6 Å². The Bertz CT molecular complexity index is 478. The van der Waals surface area contributed by atoms with Crippen molar-refractivity contribution in [2.45, 2.75) is 13.3 Å². The molecule has 0 aromatic heterocycles. The lowest BCUT2D eigenvalue weighted by Crippen LogP contribution is -2.44. The van der Waals surface area contributed by atoms with E-state index in [1.54, 1.807) is 7.11 Å². The van der Waals surface area contributed by atoms with Gasteiger partial charge in [0.05, 0.1) is 19.3 Å². The largest absolute Gasteiger partial charge is 0.495 e. The third-order valence-electron chi connectivity index (χ3n) is 4.22. The number of carbonyl (C=O) groups excluding carboxylic acids is 1. The van der Waals surface area contributed by atoms with Crippen LogP contribution in [0.2, 0.25) is 0 Å². The Morgan fingerprint density at radius 1 is 1.48 bits per heavy atom. The molecule has 1 aromatic carbocycles. The molecule has 0 spiro atoms. The van der Waals surface area contributed by atoms with Crippen molar-refractivity contribution in [3.8, 4) is 5.75 Å². The van der Waals surface area contributed by atoms with Crippen molar-refractivity contribution < 1.29 is 9.53 Å². The van der Waals surface area contributed by atoms with Crippen LogP contribution in [0.3, 0.4) is 0 Å². The first-order valence-corrected chi connectivity index (χ1v) is 7.49. The number of anilines is 1. The highest BCUT2D eigenvalue weighted by molar-refractivity contribution is 5.93. The average molecular weight is 291 g/mol. The van der Waals surface area contributed by atoms with Crippen LogP contribution >= 0.6 is 0 Å². The molecule has 1 amide bonds. The van der Waals surface area contributed by atoms with Crippen LogP contribution in [0.1, 0.15) is 13.3 Å². The molecule has 0 radical (unpaired) electrons. The molecule has 0 aliphatic carbocycles. The monoisotopic (exact) mass is 291 g/mol. The summed E-state index contributed by atoms with van der Waals surface area (Å²) in [5.74, 6) is 1.81. The SMILES string of the molecule is COc1ccccc1NC(=O)CN1CCC(CN)C(C)C1. The summed E-state index contributed by atoms with van der Waals surface area (Å²) in [6, 6.07) is 7.45. The molecule has 1 saturated heterocycles. The summed E-state index contributed by atoms with van der Waals surface area (Å²) in [4.78, 5) is 14.4. The molecule has 1 aromatic rings. The molecule has 3 N–H and O–H groups in total. The Morgan fingerprint density at radius 3 is 2.90 bits per heavy atom. The molecule has 2 rings (SSSR count). The second kappa shape index (κ2) is 7.43. The first kappa shape index (κ1) is 15.8. The third kappa shape index (κ3) is 4.19. The number of ether oxygens (including phenoxy) is 1. The summed E-state index contributed by atoms with van der Waals surface area (Å²) in [6.45, 7) is 5.23. The maximum Gasteiger partial charge on any atom is 0.238 e. The lowest BCUT2D eigenvalue weighted by atomic mass is 9.87. The van der Waals surface area contributed by atoms with E-state index in [1.807, 2.05) is 24.3 Å². The zero-order valence-corrected chi connectivity index (χ0v) is 12.8. The van der Waals surface area contributed by atoms with Crippen molar-refractivity contribution in [2.24, 2.45) is 17.6 Å². The summed E-state index contributed by atoms with van der Waals surface area (Å²) < 4.78 is 5.24. The van der Waals surface area contributed by atoms with Gasteiger partial charge in [0.15, 0.2) is 0 Å². The summed E-state index contributed by atoms with van der Waals surface area (Å²) in [5.41, 5.74) is 6.48. The minimum absolute atomic E-state index is 0.00195. The van der Waals surface area contributed by atoms with Crippen molar-refractivity contribution in [3.63, 3.8) is 0 Å². The number of methoxy groups -OCH3 is 1. The van der Waals surface area contributed by atoms with Gasteiger partial charge in [-0.1, -0.05) is 19.1 Å². The summed E-state index contributed by atoms with van der Waals surface area (Å²) in [6.07, 6.45) is 1.07. The number of nitrogens with zero attached hydrogens (tertiary/aromatic N) is 1. The van der Waals surface area contributed by atoms with Gasteiger partial charge in [0.1, 0.15) is 5.75 Å². The van der Waals surface area contributed by atoms with E-state index in [4.69, 9.17) is 10.5 Å². The summed E-state index contributed by atoms with van der Waals surface area (Å²) in [5, 5.41) is 2.92. The highest BCUT2D eigenvalue weighted by Gasteiger charge is 2.26. The van der Waals surface area contributed by atoms with E-state index < -0.39 is 0 Å². The highest BCUT2D eigenvalue weighted by atomic mass is 16.5. The quantitative estimate of drug-likeness (QED) is 0.864. The number of nitrogens with two attached hydrogens (primary N) is 1. The zero-order chi connectivity index (χ0) is 15.2. The Labute approximate surface area is 126 Å². The number of benzene rings is 1. The Morgan fingerprint density at radius 2 is 2.24 bits per heavy atom. The average Bonchev–Trinajstić information content (AvgIpc) is 2.48. The van der Waals surface area contributed by atoms with Crippen LogP contribution in [-0.4, -0.2) is 44.1 Å². The van der Waals surface area contributed by atoms with E-state index in [-0.39, 0.29) is 5.91 Å². The number of para-hydroxylation sites is 2. The van der Waals surface area contributed by atoms with Gasteiger partial charge in [-0.2, -0.15) is 0 Å². The molecule has 2 unspecified atom stereocenters. The molecule has 0 saturated carbocycles. The van der Waals surface area contributed by atoms with E-state index in [9.17, 15) is 4.79 Å². The van der Waals surface area contributed by atoms with Gasteiger partial charge in [0, 0.05) is 6.54 Å². The summed E-state index contributed by atoms with van der Waals surface area (Å²) >= 11 is 0. The van der Waals surface area contributed by atoms with E-state index in [2.05, 4.69) is 17.1 Å². The molecule has 116 valence electrons. The van der Waals surface area contributed by atoms with Gasteiger partial charge in [0.25, 0.3) is 0 Å². The smallest absolute Gasteiger partial charge is 0.238 e. The molecule has 21 heavy (non-hydrogen) atoms. The molecule has 1 aliphatic rings. The van der Waals surface area contributed by atoms with Gasteiger partial charge in [-0.25, -0.2) is 0 Å². The topological polar surface area (TPSA) is 67.6 Å². The molecule has 5 nitrogen and oxygen atoms in total. The molecule has 0 bridgehead atoms. The fourth-order valence-corrected chi connectivity index (χ4v) is 2.92. The maximum absolute atomic E-state index is 12.2. The first-order chi connectivity index (χ1) is 10.1. The number of likely N-dealkylation sites (tertiary alicyclic amines) is 1. The van der Waals surface area contributed by atoms with Crippen LogP contribution in [0.5, 0.6) is 5.75 Å². The Hall–Kier alpha value is -1.59. The van der Waals surface area contributed by atoms with Crippen molar-refractivity contribution in [3.05, 3.63) is 24.3 Å². The van der Waals surface area contributed by atoms with Crippen LogP contribution in [-0.2, 0) is 4.79 Å². The number of hydrogen-bond donors (Lipinski definition) is 2. The molecular weight excluding hydrogens is 266 g/mol. The maximum atomic E-state index is 12.2. The molecular formula is C16H25N3O2. The molecule has 1 fully saturated rings. The van der Waals surface area contributed by atoms with Gasteiger partial charge in [0.2, 0.25) is 5.91 Å². The number of amides is 1. The lowest BCUT2D eigenvalue weighted by Gasteiger charge is -2.35. The normalized spacial score (nSPS) is 22.8. The number of carbonyl (C=O) groups is 1. The van der Waals surface area contributed by atoms with Crippen LogP contribution < -0.4 is 15.8 Å². The van der Waals surface area contributed by atoms with Gasteiger partial charge in [-0.15, -0.1) is 0 Å².